The smallest absolute Gasteiger partial charge is 0.254 e. The van der Waals surface area contributed by atoms with E-state index in [0.717, 1.165) is 0 Å². The molecule has 0 saturated carbocycles. The van der Waals surface area contributed by atoms with Crippen LogP contribution in [0.25, 0.3) is 0 Å². The van der Waals surface area contributed by atoms with Crippen molar-refractivity contribution in [2.24, 2.45) is 0 Å². The molecule has 1 aromatic carbocycles. The van der Waals surface area contributed by atoms with Crippen LogP contribution in [0.2, 0.25) is 0 Å². The van der Waals surface area contributed by atoms with Crippen molar-refractivity contribution < 1.29 is 9.90 Å². The average Bonchev–Trinajstić information content (AvgIpc) is 2.37. The summed E-state index contributed by atoms with van der Waals surface area (Å²) in [6.07, 6.45) is 0. The van der Waals surface area contributed by atoms with Gasteiger partial charge in [-0.15, -0.1) is 0 Å². The number of hydrogen-bond donors (Lipinski definition) is 2. The van der Waals surface area contributed by atoms with E-state index in [0.29, 0.717) is 30.7 Å². The van der Waals surface area contributed by atoms with Crippen LogP contribution in [-0.2, 0) is 0 Å². The zero-order chi connectivity index (χ0) is 14.2. The summed E-state index contributed by atoms with van der Waals surface area (Å²) in [5.74, 6) is -0.0943. The number of nitrogen functional groups attached to an aromatic ring is 1. The van der Waals surface area contributed by atoms with Gasteiger partial charge in [-0.25, -0.2) is 0 Å². The Labute approximate surface area is 113 Å². The van der Waals surface area contributed by atoms with Crippen LogP contribution in [0.3, 0.4) is 0 Å². The highest BCUT2D eigenvalue weighted by Crippen LogP contribution is 2.23. The normalized spacial score (nSPS) is 24.5. The molecule has 5 nitrogen and oxygen atoms in total. The molecular weight excluding hydrogens is 242 g/mol. The first-order valence-corrected chi connectivity index (χ1v) is 6.50. The van der Waals surface area contributed by atoms with Gasteiger partial charge < -0.3 is 15.7 Å². The Bertz CT molecular complexity index is 478. The fourth-order valence-corrected chi connectivity index (χ4v) is 2.43. The molecule has 1 aromatic rings. The van der Waals surface area contributed by atoms with Crippen molar-refractivity contribution in [2.75, 3.05) is 25.9 Å². The zero-order valence-electron chi connectivity index (χ0n) is 11.6. The summed E-state index contributed by atoms with van der Waals surface area (Å²) in [5.41, 5.74) is 6.32. The summed E-state index contributed by atoms with van der Waals surface area (Å²) in [6, 6.07) is 5.31. The number of nitrogens with zero attached hydrogens (tertiary/aromatic N) is 2. The highest BCUT2D eigenvalue weighted by Gasteiger charge is 2.29. The predicted molar refractivity (Wildman–Crippen MR) is 75.1 cm³/mol. The van der Waals surface area contributed by atoms with Crippen molar-refractivity contribution in [3.05, 3.63) is 23.8 Å². The third-order valence-corrected chi connectivity index (χ3v) is 3.92. The van der Waals surface area contributed by atoms with Gasteiger partial charge in [0.2, 0.25) is 0 Å². The highest BCUT2D eigenvalue weighted by molar-refractivity contribution is 5.95. The van der Waals surface area contributed by atoms with E-state index in [1.54, 1.807) is 12.1 Å². The molecule has 0 bridgehead atoms. The van der Waals surface area contributed by atoms with Gasteiger partial charge in [0.15, 0.2) is 0 Å². The number of rotatable bonds is 1. The summed E-state index contributed by atoms with van der Waals surface area (Å²) in [6.45, 7) is 5.61. The molecule has 19 heavy (non-hydrogen) atoms. The third-order valence-electron chi connectivity index (χ3n) is 3.92. The monoisotopic (exact) mass is 263 g/mol. The lowest BCUT2D eigenvalue weighted by atomic mass is 10.1. The van der Waals surface area contributed by atoms with Crippen molar-refractivity contribution in [2.45, 2.75) is 25.9 Å². The predicted octanol–water partition coefficient (Wildman–Crippen LogP) is 1.14. The molecule has 5 heteroatoms. The molecule has 1 heterocycles. The lowest BCUT2D eigenvalue weighted by Gasteiger charge is -2.42. The second kappa shape index (κ2) is 5.09. The highest BCUT2D eigenvalue weighted by atomic mass is 16.3. The van der Waals surface area contributed by atoms with E-state index in [9.17, 15) is 9.90 Å². The molecule has 1 aliphatic rings. The van der Waals surface area contributed by atoms with Crippen LogP contribution in [0, 0.1) is 0 Å². The number of nitrogens with two attached hydrogens (primary N) is 1. The molecule has 1 amide bonds. The number of likely N-dealkylation sites (N-methyl/N-ethyl adjacent to an activating group) is 1. The largest absolute Gasteiger partial charge is 0.506 e. The lowest BCUT2D eigenvalue weighted by Crippen LogP contribution is -2.56. The molecule has 2 unspecified atom stereocenters. The van der Waals surface area contributed by atoms with Crippen LogP contribution < -0.4 is 5.73 Å². The topological polar surface area (TPSA) is 69.8 Å². The number of phenols is 1. The SMILES string of the molecule is CC1CN(C(=O)c2ccc(N)c(O)c2)CC(C)N1C. The van der Waals surface area contributed by atoms with Crippen LogP contribution >= 0.6 is 0 Å². The molecule has 1 aliphatic heterocycles. The second-order valence-corrected chi connectivity index (χ2v) is 5.35. The third kappa shape index (κ3) is 2.66. The Balaban J connectivity index is 2.17. The first-order valence-electron chi connectivity index (χ1n) is 6.50. The van der Waals surface area contributed by atoms with Crippen molar-refractivity contribution in [1.82, 2.24) is 9.80 Å². The molecule has 1 saturated heterocycles. The standard InChI is InChI=1S/C14H21N3O2/c1-9-7-17(8-10(2)16(9)3)14(19)11-4-5-12(15)13(18)6-11/h4-6,9-10,18H,7-8,15H2,1-3H3. The van der Waals surface area contributed by atoms with Gasteiger partial charge in [-0.2, -0.15) is 0 Å². The van der Waals surface area contributed by atoms with E-state index < -0.39 is 0 Å². The number of benzene rings is 1. The van der Waals surface area contributed by atoms with Gasteiger partial charge in [-0.05, 0) is 39.1 Å². The van der Waals surface area contributed by atoms with Gasteiger partial charge in [-0.1, -0.05) is 0 Å². The maximum atomic E-state index is 12.4. The quantitative estimate of drug-likeness (QED) is 0.589. The van der Waals surface area contributed by atoms with Crippen molar-refractivity contribution in [3.8, 4) is 5.75 Å². The van der Waals surface area contributed by atoms with E-state index in [4.69, 9.17) is 5.73 Å². The van der Waals surface area contributed by atoms with E-state index in [-0.39, 0.29) is 17.3 Å². The van der Waals surface area contributed by atoms with E-state index >= 15 is 0 Å². The van der Waals surface area contributed by atoms with E-state index in [1.165, 1.54) is 6.07 Å². The van der Waals surface area contributed by atoms with Gasteiger partial charge in [0.25, 0.3) is 5.91 Å². The van der Waals surface area contributed by atoms with E-state index in [2.05, 4.69) is 25.8 Å². The summed E-state index contributed by atoms with van der Waals surface area (Å²) >= 11 is 0. The molecule has 0 aromatic heterocycles. The maximum absolute atomic E-state index is 12.4. The number of aromatic hydroxyl groups is 1. The molecule has 0 aliphatic carbocycles. The number of piperazine rings is 1. The van der Waals surface area contributed by atoms with Crippen LogP contribution in [0.1, 0.15) is 24.2 Å². The van der Waals surface area contributed by atoms with Crippen LogP contribution in [-0.4, -0.2) is 53.0 Å². The Morgan fingerprint density at radius 1 is 1.32 bits per heavy atom. The maximum Gasteiger partial charge on any atom is 0.254 e. The lowest BCUT2D eigenvalue weighted by molar-refractivity contribution is 0.0414. The van der Waals surface area contributed by atoms with Gasteiger partial charge >= 0.3 is 0 Å². The first kappa shape index (κ1) is 13.7. The minimum absolute atomic E-state index is 0.0407. The van der Waals surface area contributed by atoms with Crippen LogP contribution in [0.5, 0.6) is 5.75 Å². The molecule has 2 atom stereocenters. The Morgan fingerprint density at radius 3 is 2.42 bits per heavy atom. The van der Waals surface area contributed by atoms with Gasteiger partial charge in [0.1, 0.15) is 5.75 Å². The Hall–Kier alpha value is -1.75. The first-order chi connectivity index (χ1) is 8.90. The fourth-order valence-electron chi connectivity index (χ4n) is 2.43. The Kier molecular flexibility index (Phi) is 3.66. The second-order valence-electron chi connectivity index (χ2n) is 5.35. The number of phenolic OH excluding ortho intramolecular Hbond substituents is 1. The summed E-state index contributed by atoms with van der Waals surface area (Å²) in [7, 11) is 2.08. The van der Waals surface area contributed by atoms with Crippen molar-refractivity contribution in [3.63, 3.8) is 0 Å². The summed E-state index contributed by atoms with van der Waals surface area (Å²) in [5, 5.41) is 9.59. The zero-order valence-corrected chi connectivity index (χ0v) is 11.6. The van der Waals surface area contributed by atoms with Crippen molar-refractivity contribution in [1.29, 1.82) is 0 Å². The van der Waals surface area contributed by atoms with Gasteiger partial charge in [0.05, 0.1) is 5.69 Å². The molecule has 104 valence electrons. The van der Waals surface area contributed by atoms with Crippen LogP contribution in [0.15, 0.2) is 18.2 Å². The number of anilines is 1. The van der Waals surface area contributed by atoms with Gasteiger partial charge in [0, 0.05) is 30.7 Å². The molecule has 0 radical (unpaired) electrons. The van der Waals surface area contributed by atoms with E-state index in [1.807, 2.05) is 4.90 Å². The average molecular weight is 263 g/mol. The fraction of sp³-hybridized carbons (Fsp3) is 0.500. The molecule has 0 spiro atoms. The molecule has 1 fully saturated rings. The van der Waals surface area contributed by atoms with Crippen molar-refractivity contribution >= 4 is 11.6 Å². The summed E-state index contributed by atoms with van der Waals surface area (Å²) in [4.78, 5) is 16.5. The number of carbonyl (C=O) groups excluding carboxylic acids is 1. The van der Waals surface area contributed by atoms with Gasteiger partial charge in [-0.3, -0.25) is 9.69 Å². The number of amides is 1. The minimum Gasteiger partial charge on any atom is -0.506 e. The molecule has 3 N–H and O–H groups in total. The molecular formula is C14H21N3O2. The summed E-state index contributed by atoms with van der Waals surface area (Å²) < 4.78 is 0. The number of hydrogen-bond acceptors (Lipinski definition) is 4. The number of carbonyl (C=O) groups is 1. The Morgan fingerprint density at radius 2 is 1.89 bits per heavy atom. The van der Waals surface area contributed by atoms with Crippen LogP contribution in [0.4, 0.5) is 5.69 Å². The molecule has 2 rings (SSSR count). The minimum atomic E-state index is -0.0536.